The van der Waals surface area contributed by atoms with E-state index in [-0.39, 0.29) is 12.4 Å². The summed E-state index contributed by atoms with van der Waals surface area (Å²) in [6.07, 6.45) is 0. The Balaban J connectivity index is 1.44. The van der Waals surface area contributed by atoms with Crippen LogP contribution in [0.2, 0.25) is 5.02 Å². The maximum atomic E-state index is 14.0. The smallest absolute Gasteiger partial charge is 0.129 e. The maximum absolute atomic E-state index is 14.0. The monoisotopic (exact) mass is 489 g/mol. The average Bonchev–Trinajstić information content (AvgIpc) is 2.92. The molecule has 6 aromatic rings. The zero-order valence-electron chi connectivity index (χ0n) is 19.3. The summed E-state index contributed by atoms with van der Waals surface area (Å²) in [6, 6.07) is 37.0. The molecule has 0 bridgehead atoms. The summed E-state index contributed by atoms with van der Waals surface area (Å²) in [7, 11) is 0. The van der Waals surface area contributed by atoms with Crippen molar-refractivity contribution in [2.24, 2.45) is 0 Å². The Hall–Kier alpha value is -4.21. The highest BCUT2D eigenvalue weighted by Gasteiger charge is 2.13. The molecule has 0 radical (unpaired) electrons. The predicted octanol–water partition coefficient (Wildman–Crippen LogP) is 9.09. The van der Waals surface area contributed by atoms with Crippen LogP contribution >= 0.6 is 11.6 Å². The second kappa shape index (κ2) is 9.44. The highest BCUT2D eigenvalue weighted by molar-refractivity contribution is 6.30. The van der Waals surface area contributed by atoms with E-state index in [0.717, 1.165) is 44.1 Å². The normalized spacial score (nSPS) is 11.2. The van der Waals surface area contributed by atoms with Gasteiger partial charge in [-0.05, 0) is 64.4 Å². The van der Waals surface area contributed by atoms with E-state index in [1.165, 1.54) is 6.07 Å². The third-order valence-electron chi connectivity index (χ3n) is 6.36. The molecule has 36 heavy (non-hydrogen) atoms. The zero-order chi connectivity index (χ0) is 24.5. The summed E-state index contributed by atoms with van der Waals surface area (Å²) in [5, 5.41) is 4.11. The molecule has 0 aliphatic heterocycles. The SMILES string of the molecule is Fc1ccccc1COc1ccc(-c2cc(-c3ccc(Cl)cc3)nc3ccc4ccccc4c23)cc1. The minimum absolute atomic E-state index is 0.176. The van der Waals surface area contributed by atoms with Crippen LogP contribution in [0.25, 0.3) is 44.1 Å². The maximum Gasteiger partial charge on any atom is 0.129 e. The average molecular weight is 490 g/mol. The van der Waals surface area contributed by atoms with Crippen LogP contribution in [0.3, 0.4) is 0 Å². The van der Waals surface area contributed by atoms with Crippen LogP contribution in [0.1, 0.15) is 5.56 Å². The molecular weight excluding hydrogens is 469 g/mol. The van der Waals surface area contributed by atoms with Crippen molar-refractivity contribution in [3.05, 3.63) is 132 Å². The van der Waals surface area contributed by atoms with Crippen molar-refractivity contribution in [3.63, 3.8) is 0 Å². The first-order chi connectivity index (χ1) is 17.7. The molecule has 0 amide bonds. The van der Waals surface area contributed by atoms with Crippen molar-refractivity contribution in [2.75, 3.05) is 0 Å². The summed E-state index contributed by atoms with van der Waals surface area (Å²) in [4.78, 5) is 5.00. The highest BCUT2D eigenvalue weighted by atomic mass is 35.5. The lowest BCUT2D eigenvalue weighted by Gasteiger charge is -2.14. The number of hydrogen-bond donors (Lipinski definition) is 0. The van der Waals surface area contributed by atoms with Crippen molar-refractivity contribution >= 4 is 33.3 Å². The number of benzene rings is 5. The van der Waals surface area contributed by atoms with Gasteiger partial charge in [0.2, 0.25) is 0 Å². The van der Waals surface area contributed by atoms with E-state index in [2.05, 4.69) is 36.4 Å². The third kappa shape index (κ3) is 4.30. The van der Waals surface area contributed by atoms with Crippen molar-refractivity contribution in [2.45, 2.75) is 6.61 Å². The number of rotatable bonds is 5. The number of aromatic nitrogens is 1. The molecule has 5 aromatic carbocycles. The second-order valence-corrected chi connectivity index (χ2v) is 9.08. The Labute approximate surface area is 213 Å². The first kappa shape index (κ1) is 22.3. The minimum atomic E-state index is -0.265. The molecule has 4 heteroatoms. The predicted molar refractivity (Wildman–Crippen MR) is 146 cm³/mol. The molecule has 174 valence electrons. The highest BCUT2D eigenvalue weighted by Crippen LogP contribution is 2.37. The van der Waals surface area contributed by atoms with Gasteiger partial charge in [0.05, 0.1) is 11.2 Å². The van der Waals surface area contributed by atoms with Crippen molar-refractivity contribution < 1.29 is 9.13 Å². The van der Waals surface area contributed by atoms with Gasteiger partial charge < -0.3 is 4.74 Å². The van der Waals surface area contributed by atoms with Gasteiger partial charge in [0.1, 0.15) is 18.2 Å². The van der Waals surface area contributed by atoms with Crippen molar-refractivity contribution in [3.8, 4) is 28.1 Å². The van der Waals surface area contributed by atoms with Gasteiger partial charge >= 0.3 is 0 Å². The van der Waals surface area contributed by atoms with Gasteiger partial charge in [-0.2, -0.15) is 0 Å². The number of hydrogen-bond acceptors (Lipinski definition) is 2. The van der Waals surface area contributed by atoms with E-state index in [0.29, 0.717) is 16.3 Å². The fourth-order valence-corrected chi connectivity index (χ4v) is 4.64. The Kier molecular flexibility index (Phi) is 5.84. The fourth-order valence-electron chi connectivity index (χ4n) is 4.51. The van der Waals surface area contributed by atoms with E-state index in [1.807, 2.05) is 60.7 Å². The van der Waals surface area contributed by atoms with Crippen molar-refractivity contribution in [1.82, 2.24) is 4.98 Å². The summed E-state index contributed by atoms with van der Waals surface area (Å²) >= 11 is 6.12. The van der Waals surface area contributed by atoms with E-state index in [9.17, 15) is 4.39 Å². The first-order valence-corrected chi connectivity index (χ1v) is 12.1. The largest absolute Gasteiger partial charge is 0.489 e. The van der Waals surface area contributed by atoms with E-state index >= 15 is 0 Å². The molecule has 0 unspecified atom stereocenters. The quantitative estimate of drug-likeness (QED) is 0.225. The van der Waals surface area contributed by atoms with Crippen LogP contribution in [-0.2, 0) is 6.61 Å². The minimum Gasteiger partial charge on any atom is -0.489 e. The molecule has 1 aromatic heterocycles. The van der Waals surface area contributed by atoms with Gasteiger partial charge in [0, 0.05) is 21.5 Å². The van der Waals surface area contributed by atoms with Gasteiger partial charge in [0.25, 0.3) is 0 Å². The summed E-state index contributed by atoms with van der Waals surface area (Å²) in [6.45, 7) is 0.176. The molecule has 6 rings (SSSR count). The van der Waals surface area contributed by atoms with Crippen LogP contribution < -0.4 is 4.74 Å². The Morgan fingerprint density at radius 2 is 1.44 bits per heavy atom. The Morgan fingerprint density at radius 3 is 2.25 bits per heavy atom. The molecular formula is C32H21ClFNO. The zero-order valence-corrected chi connectivity index (χ0v) is 20.0. The summed E-state index contributed by atoms with van der Waals surface area (Å²) in [5.41, 5.74) is 5.47. The number of ether oxygens (including phenoxy) is 1. The molecule has 2 nitrogen and oxygen atoms in total. The van der Waals surface area contributed by atoms with Crippen molar-refractivity contribution in [1.29, 1.82) is 0 Å². The van der Waals surface area contributed by atoms with Gasteiger partial charge in [-0.15, -0.1) is 0 Å². The third-order valence-corrected chi connectivity index (χ3v) is 6.61. The molecule has 1 heterocycles. The summed E-state index contributed by atoms with van der Waals surface area (Å²) in [5.74, 6) is 0.419. The molecule has 0 fully saturated rings. The van der Waals surface area contributed by atoms with Gasteiger partial charge in [-0.25, -0.2) is 9.37 Å². The standard InChI is InChI=1S/C32H21ClFNO/c33-25-14-9-23(10-15-25)31-19-28(32-27-7-3-1-5-21(27)13-18-30(32)35-31)22-11-16-26(17-12-22)36-20-24-6-2-4-8-29(24)34/h1-19H,20H2. The number of nitrogens with zero attached hydrogens (tertiary/aromatic N) is 1. The molecule has 0 aliphatic carbocycles. The lowest BCUT2D eigenvalue weighted by molar-refractivity contribution is 0.300. The molecule has 0 spiro atoms. The molecule has 0 saturated heterocycles. The van der Waals surface area contributed by atoms with Gasteiger partial charge in [-0.3, -0.25) is 0 Å². The first-order valence-electron chi connectivity index (χ1n) is 11.7. The van der Waals surface area contributed by atoms with Crippen LogP contribution in [0.5, 0.6) is 5.75 Å². The fraction of sp³-hybridized carbons (Fsp3) is 0.0312. The van der Waals surface area contributed by atoms with Crippen LogP contribution in [-0.4, -0.2) is 4.98 Å². The Morgan fingerprint density at radius 1 is 0.722 bits per heavy atom. The molecule has 0 saturated carbocycles. The molecule has 0 N–H and O–H groups in total. The van der Waals surface area contributed by atoms with Crippen LogP contribution in [0, 0.1) is 5.82 Å². The van der Waals surface area contributed by atoms with Gasteiger partial charge in [0.15, 0.2) is 0 Å². The van der Waals surface area contributed by atoms with Crippen LogP contribution in [0.4, 0.5) is 4.39 Å². The van der Waals surface area contributed by atoms with E-state index < -0.39 is 0 Å². The lowest BCUT2D eigenvalue weighted by Crippen LogP contribution is -1.98. The Bertz CT molecular complexity index is 1690. The lowest BCUT2D eigenvalue weighted by atomic mass is 9.94. The molecule has 0 aliphatic rings. The number of fused-ring (bicyclic) bond motifs is 3. The second-order valence-electron chi connectivity index (χ2n) is 8.65. The topological polar surface area (TPSA) is 22.1 Å². The van der Waals surface area contributed by atoms with E-state index in [1.54, 1.807) is 12.1 Å². The van der Waals surface area contributed by atoms with Gasteiger partial charge in [-0.1, -0.05) is 84.4 Å². The molecule has 0 atom stereocenters. The van der Waals surface area contributed by atoms with E-state index in [4.69, 9.17) is 21.3 Å². The summed E-state index contributed by atoms with van der Waals surface area (Å²) < 4.78 is 19.8. The number of pyridine rings is 1. The number of halogens is 2. The van der Waals surface area contributed by atoms with Crippen LogP contribution in [0.15, 0.2) is 115 Å².